The van der Waals surface area contributed by atoms with Gasteiger partial charge in [-0.15, -0.1) is 0 Å². The second-order valence-corrected chi connectivity index (χ2v) is 8.14. The van der Waals surface area contributed by atoms with E-state index in [2.05, 4.69) is 10.2 Å². The standard InChI is InChI=1S/C27H26FN3O4/c28-22-11-13-23(14-12-22)30-15-17-31(18-16-30)24(32)19-35-27(34)25(20-7-3-1-4-8-20)29-26(33)21-9-5-2-6-10-21/h1-14,25H,15-19H2,(H,29,33). The molecule has 2 amide bonds. The molecule has 3 aromatic rings. The third-order valence-electron chi connectivity index (χ3n) is 5.84. The van der Waals surface area contributed by atoms with E-state index in [-0.39, 0.29) is 11.7 Å². The van der Waals surface area contributed by atoms with Crippen LogP contribution in [0.3, 0.4) is 0 Å². The smallest absolute Gasteiger partial charge is 0.333 e. The van der Waals surface area contributed by atoms with Crippen LogP contribution in [0.4, 0.5) is 10.1 Å². The van der Waals surface area contributed by atoms with E-state index in [0.29, 0.717) is 37.3 Å². The Hall–Kier alpha value is -4.20. The van der Waals surface area contributed by atoms with Gasteiger partial charge in [0, 0.05) is 37.4 Å². The average Bonchev–Trinajstić information content (AvgIpc) is 2.91. The zero-order valence-corrected chi connectivity index (χ0v) is 19.1. The normalized spacial score (nSPS) is 14.2. The van der Waals surface area contributed by atoms with Gasteiger partial charge in [-0.25, -0.2) is 9.18 Å². The van der Waals surface area contributed by atoms with Gasteiger partial charge in [0.1, 0.15) is 5.82 Å². The lowest BCUT2D eigenvalue weighted by atomic mass is 10.1. The first-order valence-corrected chi connectivity index (χ1v) is 11.4. The highest BCUT2D eigenvalue weighted by molar-refractivity contribution is 5.97. The first-order valence-electron chi connectivity index (χ1n) is 11.4. The van der Waals surface area contributed by atoms with Crippen molar-refractivity contribution in [3.63, 3.8) is 0 Å². The van der Waals surface area contributed by atoms with Gasteiger partial charge in [0.25, 0.3) is 11.8 Å². The third kappa shape index (κ3) is 6.23. The fourth-order valence-electron chi connectivity index (χ4n) is 3.90. The molecule has 1 fully saturated rings. The van der Waals surface area contributed by atoms with Crippen molar-refractivity contribution in [2.24, 2.45) is 0 Å². The lowest BCUT2D eigenvalue weighted by Gasteiger charge is -2.36. The Kier molecular flexibility index (Phi) is 7.72. The number of carbonyl (C=O) groups excluding carboxylic acids is 3. The van der Waals surface area contributed by atoms with Crippen LogP contribution < -0.4 is 10.2 Å². The summed E-state index contributed by atoms with van der Waals surface area (Å²) in [6.07, 6.45) is 0. The number of ether oxygens (including phenoxy) is 1. The van der Waals surface area contributed by atoms with Crippen molar-refractivity contribution in [3.8, 4) is 0 Å². The number of anilines is 1. The molecule has 35 heavy (non-hydrogen) atoms. The quantitative estimate of drug-likeness (QED) is 0.531. The summed E-state index contributed by atoms with van der Waals surface area (Å²) in [5.41, 5.74) is 1.86. The van der Waals surface area contributed by atoms with E-state index in [1.807, 2.05) is 0 Å². The van der Waals surface area contributed by atoms with Gasteiger partial charge in [0.05, 0.1) is 0 Å². The molecule has 0 spiro atoms. The second kappa shape index (κ2) is 11.3. The Morgan fingerprint density at radius 1 is 0.829 bits per heavy atom. The predicted octanol–water partition coefficient (Wildman–Crippen LogP) is 3.19. The van der Waals surface area contributed by atoms with Crippen LogP contribution in [0.1, 0.15) is 22.0 Å². The number of halogens is 1. The van der Waals surface area contributed by atoms with Crippen molar-refractivity contribution in [1.82, 2.24) is 10.2 Å². The number of rotatable bonds is 7. The van der Waals surface area contributed by atoms with E-state index in [1.54, 1.807) is 77.7 Å². The van der Waals surface area contributed by atoms with E-state index in [4.69, 9.17) is 4.74 Å². The molecule has 1 aliphatic heterocycles. The summed E-state index contributed by atoms with van der Waals surface area (Å²) in [4.78, 5) is 42.0. The molecule has 180 valence electrons. The number of hydrogen-bond donors (Lipinski definition) is 1. The number of carbonyl (C=O) groups is 3. The van der Waals surface area contributed by atoms with Crippen molar-refractivity contribution in [2.75, 3.05) is 37.7 Å². The molecule has 3 aromatic carbocycles. The fourth-order valence-corrected chi connectivity index (χ4v) is 3.90. The van der Waals surface area contributed by atoms with E-state index in [9.17, 15) is 18.8 Å². The molecule has 1 aliphatic rings. The zero-order chi connectivity index (χ0) is 24.6. The van der Waals surface area contributed by atoms with Gasteiger partial charge in [0.2, 0.25) is 0 Å². The van der Waals surface area contributed by atoms with Crippen molar-refractivity contribution in [1.29, 1.82) is 0 Å². The fraction of sp³-hybridized carbons (Fsp3) is 0.222. The van der Waals surface area contributed by atoms with Gasteiger partial charge >= 0.3 is 5.97 Å². The summed E-state index contributed by atoms with van der Waals surface area (Å²) in [5.74, 6) is -1.73. The monoisotopic (exact) mass is 475 g/mol. The predicted molar refractivity (Wildman–Crippen MR) is 129 cm³/mol. The van der Waals surface area contributed by atoms with Crippen LogP contribution in [-0.2, 0) is 14.3 Å². The Morgan fingerprint density at radius 2 is 1.43 bits per heavy atom. The van der Waals surface area contributed by atoms with Crippen LogP contribution in [0, 0.1) is 5.82 Å². The molecule has 1 saturated heterocycles. The SMILES string of the molecule is O=C(NC(C(=O)OCC(=O)N1CCN(c2ccc(F)cc2)CC1)c1ccccc1)c1ccccc1. The van der Waals surface area contributed by atoms with Gasteiger partial charge in [-0.05, 0) is 42.0 Å². The summed E-state index contributed by atoms with van der Waals surface area (Å²) < 4.78 is 18.5. The average molecular weight is 476 g/mol. The largest absolute Gasteiger partial charge is 0.454 e. The Balaban J connectivity index is 1.33. The van der Waals surface area contributed by atoms with Gasteiger partial charge in [-0.1, -0.05) is 48.5 Å². The number of piperazine rings is 1. The Labute approximate surface area is 203 Å². The minimum Gasteiger partial charge on any atom is -0.454 e. The number of esters is 1. The molecule has 0 radical (unpaired) electrons. The molecule has 0 aromatic heterocycles. The van der Waals surface area contributed by atoms with Gasteiger partial charge in [0.15, 0.2) is 12.6 Å². The van der Waals surface area contributed by atoms with E-state index in [1.165, 1.54) is 12.1 Å². The topological polar surface area (TPSA) is 78.9 Å². The van der Waals surface area contributed by atoms with E-state index in [0.717, 1.165) is 5.69 Å². The van der Waals surface area contributed by atoms with Crippen molar-refractivity contribution in [3.05, 3.63) is 102 Å². The minimum atomic E-state index is -1.05. The van der Waals surface area contributed by atoms with Gasteiger partial charge < -0.3 is 19.9 Å². The highest BCUT2D eigenvalue weighted by atomic mass is 19.1. The maximum absolute atomic E-state index is 13.2. The third-order valence-corrected chi connectivity index (χ3v) is 5.84. The summed E-state index contributed by atoms with van der Waals surface area (Å²) in [6, 6.07) is 22.5. The van der Waals surface area contributed by atoms with Crippen molar-refractivity contribution in [2.45, 2.75) is 6.04 Å². The molecule has 4 rings (SSSR count). The lowest BCUT2D eigenvalue weighted by Crippen LogP contribution is -2.50. The molecule has 0 saturated carbocycles. The molecular formula is C27H26FN3O4. The first kappa shape index (κ1) is 23.9. The first-order chi connectivity index (χ1) is 17.0. The van der Waals surface area contributed by atoms with E-state index < -0.39 is 24.5 Å². The number of nitrogens with one attached hydrogen (secondary N) is 1. The molecule has 1 N–H and O–H groups in total. The summed E-state index contributed by atoms with van der Waals surface area (Å²) in [7, 11) is 0. The maximum Gasteiger partial charge on any atom is 0.333 e. The van der Waals surface area contributed by atoms with Gasteiger partial charge in [-0.3, -0.25) is 9.59 Å². The number of amides is 2. The summed E-state index contributed by atoms with van der Waals surface area (Å²) in [6.45, 7) is 1.68. The molecular weight excluding hydrogens is 449 g/mol. The lowest BCUT2D eigenvalue weighted by molar-refractivity contribution is -0.153. The van der Waals surface area contributed by atoms with Gasteiger partial charge in [-0.2, -0.15) is 0 Å². The second-order valence-electron chi connectivity index (χ2n) is 8.14. The maximum atomic E-state index is 13.2. The number of benzene rings is 3. The molecule has 0 bridgehead atoms. The zero-order valence-electron chi connectivity index (χ0n) is 19.1. The molecule has 7 nitrogen and oxygen atoms in total. The molecule has 8 heteroatoms. The van der Waals surface area contributed by atoms with Crippen LogP contribution >= 0.6 is 0 Å². The molecule has 1 atom stereocenters. The van der Waals surface area contributed by atoms with Crippen molar-refractivity contribution < 1.29 is 23.5 Å². The minimum absolute atomic E-state index is 0.293. The van der Waals surface area contributed by atoms with Crippen molar-refractivity contribution >= 4 is 23.5 Å². The number of nitrogens with zero attached hydrogens (tertiary/aromatic N) is 2. The highest BCUT2D eigenvalue weighted by Crippen LogP contribution is 2.18. The summed E-state index contributed by atoms with van der Waals surface area (Å²) >= 11 is 0. The number of hydrogen-bond acceptors (Lipinski definition) is 5. The Morgan fingerprint density at radius 3 is 2.06 bits per heavy atom. The molecule has 1 unspecified atom stereocenters. The molecule has 0 aliphatic carbocycles. The summed E-state index contributed by atoms with van der Waals surface area (Å²) in [5, 5.41) is 2.71. The van der Waals surface area contributed by atoms with Crippen LogP contribution in [0.5, 0.6) is 0 Å². The van der Waals surface area contributed by atoms with E-state index >= 15 is 0 Å². The van der Waals surface area contributed by atoms with Crippen LogP contribution in [0.15, 0.2) is 84.9 Å². The van der Waals surface area contributed by atoms with Crippen LogP contribution in [-0.4, -0.2) is 55.5 Å². The Bertz CT molecular complexity index is 1150. The highest BCUT2D eigenvalue weighted by Gasteiger charge is 2.27. The van der Waals surface area contributed by atoms with Crippen LogP contribution in [0.2, 0.25) is 0 Å². The molecule has 1 heterocycles. The van der Waals surface area contributed by atoms with Crippen LogP contribution in [0.25, 0.3) is 0 Å².